The van der Waals surface area contributed by atoms with Crippen molar-refractivity contribution in [1.82, 2.24) is 9.21 Å². The normalized spacial score (nSPS) is 20.5. The van der Waals surface area contributed by atoms with E-state index in [1.807, 2.05) is 6.92 Å². The second kappa shape index (κ2) is 8.26. The first-order chi connectivity index (χ1) is 13.2. The molecule has 0 saturated carbocycles. The van der Waals surface area contributed by atoms with Crippen molar-refractivity contribution in [2.75, 3.05) is 38.5 Å². The van der Waals surface area contributed by atoms with Crippen molar-refractivity contribution >= 4 is 27.5 Å². The molecule has 28 heavy (non-hydrogen) atoms. The van der Waals surface area contributed by atoms with Crippen molar-refractivity contribution in [3.8, 4) is 0 Å². The highest BCUT2D eigenvalue weighted by Gasteiger charge is 2.43. The minimum Gasteiger partial charge on any atom is -0.372 e. The molecule has 2 aliphatic heterocycles. The number of rotatable bonds is 4. The molecule has 0 N–H and O–H groups in total. The van der Waals surface area contributed by atoms with E-state index >= 15 is 0 Å². The second-order valence-electron chi connectivity index (χ2n) is 7.53. The summed E-state index contributed by atoms with van der Waals surface area (Å²) in [5, 5.41) is 0.135. The molecule has 2 heterocycles. The fraction of sp³-hybridized carbons (Fsp3) is 0.632. The molecular formula is C19H26ClFN2O4S. The third kappa shape index (κ3) is 4.20. The summed E-state index contributed by atoms with van der Waals surface area (Å²) in [5.41, 5.74) is -0.0493. The molecule has 1 amide bonds. The van der Waals surface area contributed by atoms with Gasteiger partial charge in [-0.15, -0.1) is 0 Å². The van der Waals surface area contributed by atoms with Crippen LogP contribution in [0.5, 0.6) is 0 Å². The van der Waals surface area contributed by atoms with Crippen LogP contribution in [-0.4, -0.2) is 67.7 Å². The molecule has 0 aliphatic carbocycles. The molecule has 1 spiro atoms. The van der Waals surface area contributed by atoms with E-state index in [1.54, 1.807) is 17.9 Å². The van der Waals surface area contributed by atoms with Gasteiger partial charge >= 0.3 is 0 Å². The summed E-state index contributed by atoms with van der Waals surface area (Å²) in [6.45, 7) is 5.30. The number of ether oxygens (including phenoxy) is 1. The standard InChI is InChI=1S/C19H26ClFN2O4S/c1-3-12-28(25,26)23-10-11-27-19(13-23)6-8-22(9-7-19)18(24)16-15(21)5-4-14(2)17(16)20/h4-5H,3,6-13H2,1-2H3. The van der Waals surface area contributed by atoms with Crippen LogP contribution in [0.1, 0.15) is 42.1 Å². The lowest BCUT2D eigenvalue weighted by atomic mass is 9.89. The molecule has 0 atom stereocenters. The molecule has 0 aromatic heterocycles. The van der Waals surface area contributed by atoms with Gasteiger partial charge < -0.3 is 9.64 Å². The van der Waals surface area contributed by atoms with Gasteiger partial charge in [-0.05, 0) is 37.8 Å². The van der Waals surface area contributed by atoms with Crippen molar-refractivity contribution in [3.63, 3.8) is 0 Å². The Kier molecular flexibility index (Phi) is 6.34. The van der Waals surface area contributed by atoms with Gasteiger partial charge in [0.05, 0.1) is 28.5 Å². The van der Waals surface area contributed by atoms with Gasteiger partial charge in [0.2, 0.25) is 10.0 Å². The summed E-state index contributed by atoms with van der Waals surface area (Å²) < 4.78 is 46.5. The zero-order valence-corrected chi connectivity index (χ0v) is 17.8. The number of aryl methyl sites for hydroxylation is 1. The number of likely N-dealkylation sites (tertiary alicyclic amines) is 1. The molecule has 0 bridgehead atoms. The van der Waals surface area contributed by atoms with Gasteiger partial charge in [0.1, 0.15) is 5.82 Å². The van der Waals surface area contributed by atoms with Gasteiger partial charge in [0, 0.05) is 26.2 Å². The first-order valence-corrected chi connectivity index (χ1v) is 11.5. The van der Waals surface area contributed by atoms with Crippen molar-refractivity contribution in [2.24, 2.45) is 0 Å². The summed E-state index contributed by atoms with van der Waals surface area (Å²) in [6, 6.07) is 2.79. The fourth-order valence-corrected chi connectivity index (χ4v) is 5.66. The van der Waals surface area contributed by atoms with Gasteiger partial charge in [-0.1, -0.05) is 24.6 Å². The van der Waals surface area contributed by atoms with Crippen LogP contribution in [-0.2, 0) is 14.8 Å². The van der Waals surface area contributed by atoms with E-state index in [2.05, 4.69) is 0 Å². The molecule has 0 radical (unpaired) electrons. The van der Waals surface area contributed by atoms with Crippen molar-refractivity contribution in [3.05, 3.63) is 34.1 Å². The number of amides is 1. The fourth-order valence-electron chi connectivity index (χ4n) is 3.87. The van der Waals surface area contributed by atoms with Crippen molar-refractivity contribution < 1.29 is 22.3 Å². The van der Waals surface area contributed by atoms with Gasteiger partial charge in [-0.2, -0.15) is 4.31 Å². The minimum absolute atomic E-state index is 0.102. The molecule has 6 nitrogen and oxygen atoms in total. The Morgan fingerprint density at radius 3 is 2.61 bits per heavy atom. The van der Waals surface area contributed by atoms with Gasteiger partial charge in [0.25, 0.3) is 5.91 Å². The van der Waals surface area contributed by atoms with E-state index in [1.165, 1.54) is 10.4 Å². The minimum atomic E-state index is -3.29. The molecule has 2 saturated heterocycles. The summed E-state index contributed by atoms with van der Waals surface area (Å²) in [5.74, 6) is -0.947. The monoisotopic (exact) mass is 432 g/mol. The Hall–Kier alpha value is -1.22. The van der Waals surface area contributed by atoms with Gasteiger partial charge in [0.15, 0.2) is 0 Å². The number of nitrogens with zero attached hydrogens (tertiary/aromatic N) is 2. The van der Waals surface area contributed by atoms with Crippen LogP contribution >= 0.6 is 11.6 Å². The topological polar surface area (TPSA) is 66.9 Å². The lowest BCUT2D eigenvalue weighted by molar-refractivity contribution is -0.115. The Morgan fingerprint density at radius 1 is 1.29 bits per heavy atom. The van der Waals surface area contributed by atoms with E-state index in [-0.39, 0.29) is 16.3 Å². The second-order valence-corrected chi connectivity index (χ2v) is 9.99. The Bertz CT molecular complexity index is 854. The Labute approximate surface area is 170 Å². The van der Waals surface area contributed by atoms with Gasteiger partial charge in [-0.25, -0.2) is 12.8 Å². The van der Waals surface area contributed by atoms with E-state index in [4.69, 9.17) is 16.3 Å². The molecule has 9 heteroatoms. The van der Waals surface area contributed by atoms with E-state index in [9.17, 15) is 17.6 Å². The zero-order chi connectivity index (χ0) is 20.5. The predicted molar refractivity (Wildman–Crippen MR) is 106 cm³/mol. The number of hydrogen-bond donors (Lipinski definition) is 0. The van der Waals surface area contributed by atoms with Crippen LogP contribution in [0.25, 0.3) is 0 Å². The summed E-state index contributed by atoms with van der Waals surface area (Å²) in [6.07, 6.45) is 1.57. The molecule has 2 aliphatic rings. The number of benzene rings is 1. The maximum Gasteiger partial charge on any atom is 0.258 e. The molecular weight excluding hydrogens is 407 g/mol. The first-order valence-electron chi connectivity index (χ1n) is 9.55. The highest BCUT2D eigenvalue weighted by atomic mass is 35.5. The molecule has 156 valence electrons. The van der Waals surface area contributed by atoms with Crippen LogP contribution < -0.4 is 0 Å². The summed E-state index contributed by atoms with van der Waals surface area (Å²) >= 11 is 6.17. The van der Waals surface area contributed by atoms with Crippen LogP contribution in [0.2, 0.25) is 5.02 Å². The number of piperidine rings is 1. The maximum atomic E-state index is 14.2. The van der Waals surface area contributed by atoms with Crippen molar-refractivity contribution in [1.29, 1.82) is 0 Å². The van der Waals surface area contributed by atoms with Crippen LogP contribution in [0.3, 0.4) is 0 Å². The molecule has 0 unspecified atom stereocenters. The zero-order valence-electron chi connectivity index (χ0n) is 16.2. The first kappa shape index (κ1) is 21.5. The molecule has 3 rings (SSSR count). The maximum absolute atomic E-state index is 14.2. The summed E-state index contributed by atoms with van der Waals surface area (Å²) in [4.78, 5) is 14.4. The molecule has 1 aromatic rings. The number of carbonyl (C=O) groups is 1. The van der Waals surface area contributed by atoms with Gasteiger partial charge in [-0.3, -0.25) is 4.79 Å². The quantitative estimate of drug-likeness (QED) is 0.733. The lowest BCUT2D eigenvalue weighted by Crippen LogP contribution is -2.58. The number of hydrogen-bond acceptors (Lipinski definition) is 4. The highest BCUT2D eigenvalue weighted by molar-refractivity contribution is 7.89. The van der Waals surface area contributed by atoms with Crippen LogP contribution in [0, 0.1) is 12.7 Å². The Morgan fingerprint density at radius 2 is 1.96 bits per heavy atom. The average Bonchev–Trinajstić information content (AvgIpc) is 2.66. The number of morpholine rings is 1. The third-order valence-corrected chi connectivity index (χ3v) is 8.04. The average molecular weight is 433 g/mol. The molecule has 1 aromatic carbocycles. The van der Waals surface area contributed by atoms with Crippen LogP contribution in [0.15, 0.2) is 12.1 Å². The third-order valence-electron chi connectivity index (χ3n) is 5.53. The highest BCUT2D eigenvalue weighted by Crippen LogP contribution is 2.33. The van der Waals surface area contributed by atoms with E-state index in [0.717, 1.165) is 0 Å². The van der Waals surface area contributed by atoms with Crippen LogP contribution in [0.4, 0.5) is 4.39 Å². The SMILES string of the molecule is CCCS(=O)(=O)N1CCOC2(CCN(C(=O)c3c(F)ccc(C)c3Cl)CC2)C1. The molecule has 2 fully saturated rings. The Balaban J connectivity index is 1.71. The van der Waals surface area contributed by atoms with E-state index in [0.29, 0.717) is 57.6 Å². The number of sulfonamides is 1. The largest absolute Gasteiger partial charge is 0.372 e. The smallest absolute Gasteiger partial charge is 0.258 e. The number of halogens is 2. The number of carbonyl (C=O) groups excluding carboxylic acids is 1. The van der Waals surface area contributed by atoms with Crippen molar-refractivity contribution in [2.45, 2.75) is 38.7 Å². The predicted octanol–water partition coefficient (Wildman–Crippen LogP) is 2.83. The van der Waals surface area contributed by atoms with E-state index < -0.39 is 27.3 Å². The lowest BCUT2D eigenvalue weighted by Gasteiger charge is -2.46. The summed E-state index contributed by atoms with van der Waals surface area (Å²) in [7, 11) is -3.29.